The first-order chi connectivity index (χ1) is 12.8. The summed E-state index contributed by atoms with van der Waals surface area (Å²) >= 11 is 0. The summed E-state index contributed by atoms with van der Waals surface area (Å²) in [6, 6.07) is 13.9. The van der Waals surface area contributed by atoms with Gasteiger partial charge >= 0.3 is 0 Å². The molecule has 2 heterocycles. The third-order valence-corrected chi connectivity index (χ3v) is 4.56. The molecule has 0 radical (unpaired) electrons. The Morgan fingerprint density at radius 2 is 1.92 bits per heavy atom. The topological polar surface area (TPSA) is 66.6 Å². The SMILES string of the molecule is COc1ccc(-c2noc(CC3OCCc4ccccc43)n2)cc1OC. The minimum atomic E-state index is -0.0568. The Labute approximate surface area is 151 Å². The molecule has 0 spiro atoms. The number of hydrogen-bond acceptors (Lipinski definition) is 6. The second-order valence-electron chi connectivity index (χ2n) is 6.09. The summed E-state index contributed by atoms with van der Waals surface area (Å²) < 4.78 is 22.0. The van der Waals surface area contributed by atoms with Crippen molar-refractivity contribution in [1.82, 2.24) is 10.1 Å². The van der Waals surface area contributed by atoms with E-state index in [1.807, 2.05) is 24.3 Å². The summed E-state index contributed by atoms with van der Waals surface area (Å²) in [5.41, 5.74) is 3.33. The van der Waals surface area contributed by atoms with Crippen LogP contribution in [-0.4, -0.2) is 31.0 Å². The maximum absolute atomic E-state index is 5.93. The molecule has 2 aromatic carbocycles. The Morgan fingerprint density at radius 3 is 2.77 bits per heavy atom. The van der Waals surface area contributed by atoms with Gasteiger partial charge in [0, 0.05) is 5.56 Å². The number of hydrogen-bond donors (Lipinski definition) is 0. The van der Waals surface area contributed by atoms with Crippen molar-refractivity contribution in [2.24, 2.45) is 0 Å². The first-order valence-corrected chi connectivity index (χ1v) is 8.53. The summed E-state index contributed by atoms with van der Waals surface area (Å²) in [4.78, 5) is 4.52. The van der Waals surface area contributed by atoms with Crippen LogP contribution >= 0.6 is 0 Å². The van der Waals surface area contributed by atoms with E-state index in [1.54, 1.807) is 14.2 Å². The Balaban J connectivity index is 1.56. The van der Waals surface area contributed by atoms with E-state index in [-0.39, 0.29) is 6.10 Å². The van der Waals surface area contributed by atoms with E-state index in [2.05, 4.69) is 28.3 Å². The predicted molar refractivity (Wildman–Crippen MR) is 95.4 cm³/mol. The maximum atomic E-state index is 5.93. The third kappa shape index (κ3) is 3.15. The van der Waals surface area contributed by atoms with Crippen LogP contribution in [0.1, 0.15) is 23.1 Å². The molecule has 3 aromatic rings. The van der Waals surface area contributed by atoms with Gasteiger partial charge in [0.2, 0.25) is 11.7 Å². The lowest BCUT2D eigenvalue weighted by atomic mass is 9.96. The fourth-order valence-corrected chi connectivity index (χ4v) is 3.23. The molecule has 0 N–H and O–H groups in total. The molecule has 1 aromatic heterocycles. The zero-order chi connectivity index (χ0) is 17.9. The van der Waals surface area contributed by atoms with Gasteiger partial charge in [0.1, 0.15) is 0 Å². The van der Waals surface area contributed by atoms with E-state index in [9.17, 15) is 0 Å². The fourth-order valence-electron chi connectivity index (χ4n) is 3.23. The van der Waals surface area contributed by atoms with Crippen molar-refractivity contribution in [3.63, 3.8) is 0 Å². The molecule has 0 amide bonds. The Bertz CT molecular complexity index is 906. The van der Waals surface area contributed by atoms with Gasteiger partial charge in [0.15, 0.2) is 11.5 Å². The quantitative estimate of drug-likeness (QED) is 0.699. The van der Waals surface area contributed by atoms with Crippen LogP contribution < -0.4 is 9.47 Å². The molecule has 1 aliphatic rings. The van der Waals surface area contributed by atoms with Gasteiger partial charge in [-0.2, -0.15) is 4.98 Å². The van der Waals surface area contributed by atoms with Crippen LogP contribution in [-0.2, 0) is 17.6 Å². The second kappa shape index (κ2) is 7.17. The van der Waals surface area contributed by atoms with Crippen molar-refractivity contribution in [3.8, 4) is 22.9 Å². The predicted octanol–water partition coefficient (Wildman–Crippen LogP) is 3.61. The molecule has 0 bridgehead atoms. The molecule has 6 heteroatoms. The molecule has 0 saturated carbocycles. The maximum Gasteiger partial charge on any atom is 0.229 e. The highest BCUT2D eigenvalue weighted by Gasteiger charge is 2.23. The van der Waals surface area contributed by atoms with Crippen LogP contribution in [0.15, 0.2) is 47.0 Å². The van der Waals surface area contributed by atoms with E-state index >= 15 is 0 Å². The Morgan fingerprint density at radius 1 is 1.08 bits per heavy atom. The van der Waals surface area contributed by atoms with Gasteiger partial charge < -0.3 is 18.7 Å². The van der Waals surface area contributed by atoms with Gasteiger partial charge in [0.25, 0.3) is 0 Å². The highest BCUT2D eigenvalue weighted by atomic mass is 16.5. The second-order valence-corrected chi connectivity index (χ2v) is 6.09. The van der Waals surface area contributed by atoms with E-state index < -0.39 is 0 Å². The molecule has 1 atom stereocenters. The van der Waals surface area contributed by atoms with Crippen molar-refractivity contribution >= 4 is 0 Å². The molecular weight excluding hydrogens is 332 g/mol. The van der Waals surface area contributed by atoms with E-state index in [1.165, 1.54) is 11.1 Å². The van der Waals surface area contributed by atoms with Gasteiger partial charge in [-0.1, -0.05) is 29.4 Å². The summed E-state index contributed by atoms with van der Waals surface area (Å²) in [6.45, 7) is 0.707. The highest BCUT2D eigenvalue weighted by molar-refractivity contribution is 5.60. The lowest BCUT2D eigenvalue weighted by Gasteiger charge is -2.24. The summed E-state index contributed by atoms with van der Waals surface area (Å²) in [6.07, 6.45) is 1.43. The largest absolute Gasteiger partial charge is 0.493 e. The van der Waals surface area contributed by atoms with Crippen molar-refractivity contribution in [1.29, 1.82) is 0 Å². The molecular formula is C20H20N2O4. The molecule has 1 unspecified atom stereocenters. The van der Waals surface area contributed by atoms with Crippen LogP contribution in [0.2, 0.25) is 0 Å². The average molecular weight is 352 g/mol. The number of fused-ring (bicyclic) bond motifs is 1. The standard InChI is InChI=1S/C20H20N2O4/c1-23-16-8-7-14(11-18(16)24-2)20-21-19(26-22-20)12-17-15-6-4-3-5-13(15)9-10-25-17/h3-8,11,17H,9-10,12H2,1-2H3. The third-order valence-electron chi connectivity index (χ3n) is 4.56. The molecule has 0 aliphatic carbocycles. The number of benzene rings is 2. The highest BCUT2D eigenvalue weighted by Crippen LogP contribution is 2.32. The molecule has 26 heavy (non-hydrogen) atoms. The molecule has 4 rings (SSSR count). The number of methoxy groups -OCH3 is 2. The summed E-state index contributed by atoms with van der Waals surface area (Å²) in [5.74, 6) is 2.36. The molecule has 1 aliphatic heterocycles. The zero-order valence-corrected chi connectivity index (χ0v) is 14.8. The Hall–Kier alpha value is -2.86. The Kier molecular flexibility index (Phi) is 4.58. The first-order valence-electron chi connectivity index (χ1n) is 8.53. The fraction of sp³-hybridized carbons (Fsp3) is 0.300. The molecule has 0 saturated heterocycles. The van der Waals surface area contributed by atoms with Gasteiger partial charge in [-0.3, -0.25) is 0 Å². The summed E-state index contributed by atoms with van der Waals surface area (Å²) in [5, 5.41) is 4.10. The van der Waals surface area contributed by atoms with Gasteiger partial charge in [-0.05, 0) is 35.7 Å². The smallest absolute Gasteiger partial charge is 0.229 e. The first kappa shape index (κ1) is 16.6. The van der Waals surface area contributed by atoms with E-state index in [0.717, 1.165) is 12.0 Å². The van der Waals surface area contributed by atoms with Crippen LogP contribution in [0.5, 0.6) is 11.5 Å². The number of aromatic nitrogens is 2. The van der Waals surface area contributed by atoms with E-state index in [0.29, 0.717) is 36.2 Å². The van der Waals surface area contributed by atoms with Gasteiger partial charge in [0.05, 0.1) is 33.4 Å². The van der Waals surface area contributed by atoms with Gasteiger partial charge in [-0.25, -0.2) is 0 Å². The van der Waals surface area contributed by atoms with Crippen LogP contribution in [0.3, 0.4) is 0 Å². The number of nitrogens with zero attached hydrogens (tertiary/aromatic N) is 2. The van der Waals surface area contributed by atoms with E-state index in [4.69, 9.17) is 18.7 Å². The number of rotatable bonds is 5. The lowest BCUT2D eigenvalue weighted by molar-refractivity contribution is 0.0375. The lowest BCUT2D eigenvalue weighted by Crippen LogP contribution is -2.18. The molecule has 134 valence electrons. The van der Waals surface area contributed by atoms with Crippen molar-refractivity contribution in [3.05, 3.63) is 59.5 Å². The van der Waals surface area contributed by atoms with Crippen molar-refractivity contribution < 1.29 is 18.7 Å². The monoisotopic (exact) mass is 352 g/mol. The van der Waals surface area contributed by atoms with Crippen molar-refractivity contribution in [2.45, 2.75) is 18.9 Å². The van der Waals surface area contributed by atoms with Crippen LogP contribution in [0, 0.1) is 0 Å². The van der Waals surface area contributed by atoms with Crippen molar-refractivity contribution in [2.75, 3.05) is 20.8 Å². The minimum absolute atomic E-state index is 0.0568. The minimum Gasteiger partial charge on any atom is -0.493 e. The molecule has 6 nitrogen and oxygen atoms in total. The van der Waals surface area contributed by atoms with Crippen LogP contribution in [0.4, 0.5) is 0 Å². The normalized spacial score (nSPS) is 16.2. The number of ether oxygens (including phenoxy) is 3. The summed E-state index contributed by atoms with van der Waals surface area (Å²) in [7, 11) is 3.20. The zero-order valence-electron chi connectivity index (χ0n) is 14.8. The molecule has 0 fully saturated rings. The van der Waals surface area contributed by atoms with Crippen LogP contribution in [0.25, 0.3) is 11.4 Å². The van der Waals surface area contributed by atoms with Gasteiger partial charge in [-0.15, -0.1) is 0 Å². The average Bonchev–Trinajstić information content (AvgIpc) is 3.16.